The standard InChI is InChI=1S/C23H28N4O/c1-15-13-19(28)20-17(26-9-5-3-6-10-26)14-18(27-11-7-4-8-12-27)23-21(20)22(15)24-16(2)25-23/h13-14H,3-12H2,1-2H3. The van der Waals surface area contributed by atoms with Crippen LogP contribution in [-0.4, -0.2) is 41.9 Å². The summed E-state index contributed by atoms with van der Waals surface area (Å²) in [5.74, 6) is 0.882. The molecule has 1 aromatic heterocycles. The van der Waals surface area contributed by atoms with E-state index in [1.165, 1.54) is 44.2 Å². The lowest BCUT2D eigenvalue weighted by molar-refractivity contribution is 0.104. The number of ketones is 1. The Morgan fingerprint density at radius 1 is 0.821 bits per heavy atom. The zero-order valence-electron chi connectivity index (χ0n) is 16.9. The van der Waals surface area contributed by atoms with Gasteiger partial charge >= 0.3 is 0 Å². The highest BCUT2D eigenvalue weighted by Crippen LogP contribution is 2.42. The van der Waals surface area contributed by atoms with Crippen molar-refractivity contribution in [3.63, 3.8) is 0 Å². The first-order valence-corrected chi connectivity index (χ1v) is 10.7. The second kappa shape index (κ2) is 6.87. The van der Waals surface area contributed by atoms with Gasteiger partial charge in [0.2, 0.25) is 0 Å². The average molecular weight is 377 g/mol. The molecule has 0 spiro atoms. The van der Waals surface area contributed by atoms with E-state index in [2.05, 4.69) is 15.9 Å². The lowest BCUT2D eigenvalue weighted by Crippen LogP contribution is -2.33. The molecule has 5 rings (SSSR count). The second-order valence-electron chi connectivity index (χ2n) is 8.42. The zero-order valence-corrected chi connectivity index (χ0v) is 16.9. The highest BCUT2D eigenvalue weighted by molar-refractivity contribution is 6.25. The van der Waals surface area contributed by atoms with Crippen LogP contribution < -0.4 is 9.80 Å². The number of piperidine rings is 2. The van der Waals surface area contributed by atoms with E-state index in [4.69, 9.17) is 9.97 Å². The third-order valence-electron chi connectivity index (χ3n) is 6.40. The number of hydrogen-bond acceptors (Lipinski definition) is 5. The van der Waals surface area contributed by atoms with Crippen molar-refractivity contribution in [2.45, 2.75) is 52.4 Å². The van der Waals surface area contributed by atoms with E-state index < -0.39 is 0 Å². The van der Waals surface area contributed by atoms with E-state index in [9.17, 15) is 4.79 Å². The van der Waals surface area contributed by atoms with Gasteiger partial charge in [0.15, 0.2) is 5.78 Å². The van der Waals surface area contributed by atoms with Gasteiger partial charge in [0.1, 0.15) is 5.82 Å². The predicted octanol–water partition coefficient (Wildman–Crippen LogP) is 4.52. The number of anilines is 2. The molecule has 0 bridgehead atoms. The first-order valence-electron chi connectivity index (χ1n) is 10.7. The van der Waals surface area contributed by atoms with E-state index in [0.717, 1.165) is 65.4 Å². The Morgan fingerprint density at radius 2 is 1.43 bits per heavy atom. The molecule has 1 aromatic carbocycles. The number of benzene rings is 1. The highest BCUT2D eigenvalue weighted by atomic mass is 16.1. The number of carbonyl (C=O) groups excluding carboxylic acids is 1. The number of hydrogen-bond donors (Lipinski definition) is 0. The van der Waals surface area contributed by atoms with Gasteiger partial charge in [-0.1, -0.05) is 0 Å². The number of nitrogens with zero attached hydrogens (tertiary/aromatic N) is 4. The van der Waals surface area contributed by atoms with E-state index >= 15 is 0 Å². The predicted molar refractivity (Wildman–Crippen MR) is 114 cm³/mol. The molecule has 146 valence electrons. The summed E-state index contributed by atoms with van der Waals surface area (Å²) in [7, 11) is 0. The monoisotopic (exact) mass is 376 g/mol. The summed E-state index contributed by atoms with van der Waals surface area (Å²) < 4.78 is 0. The fourth-order valence-corrected chi connectivity index (χ4v) is 5.02. The van der Waals surface area contributed by atoms with Crippen LogP contribution in [0.3, 0.4) is 0 Å². The Bertz CT molecular complexity index is 982. The van der Waals surface area contributed by atoms with Crippen LogP contribution in [0.25, 0.3) is 16.5 Å². The zero-order chi connectivity index (χ0) is 19.3. The van der Waals surface area contributed by atoms with Crippen LogP contribution in [-0.2, 0) is 0 Å². The van der Waals surface area contributed by atoms with Crippen LogP contribution >= 0.6 is 0 Å². The summed E-state index contributed by atoms with van der Waals surface area (Å²) in [6.45, 7) is 8.13. The summed E-state index contributed by atoms with van der Waals surface area (Å²) >= 11 is 0. The van der Waals surface area contributed by atoms with Crippen molar-refractivity contribution in [3.8, 4) is 0 Å². The van der Waals surface area contributed by atoms with Crippen LogP contribution in [0.4, 0.5) is 11.4 Å². The molecule has 0 N–H and O–H groups in total. The number of allylic oxidation sites excluding steroid dienone is 2. The van der Waals surface area contributed by atoms with Gasteiger partial charge in [-0.3, -0.25) is 4.79 Å². The Hall–Kier alpha value is -2.43. The maximum atomic E-state index is 13.1. The Kier molecular flexibility index (Phi) is 4.33. The lowest BCUT2D eigenvalue weighted by Gasteiger charge is -2.35. The maximum Gasteiger partial charge on any atom is 0.189 e. The van der Waals surface area contributed by atoms with Crippen molar-refractivity contribution in [1.82, 2.24) is 9.97 Å². The minimum atomic E-state index is 0.105. The summed E-state index contributed by atoms with van der Waals surface area (Å²) in [5, 5.41) is 0.972. The molecule has 0 saturated carbocycles. The molecular weight excluding hydrogens is 348 g/mol. The Labute approximate surface area is 166 Å². The molecule has 1 aliphatic carbocycles. The normalized spacial score (nSPS) is 19.9. The summed E-state index contributed by atoms with van der Waals surface area (Å²) in [6, 6.07) is 2.26. The smallest absolute Gasteiger partial charge is 0.189 e. The molecule has 2 saturated heterocycles. The minimum Gasteiger partial charge on any atom is -0.371 e. The molecule has 2 aliphatic heterocycles. The molecule has 0 atom stereocenters. The van der Waals surface area contributed by atoms with Crippen molar-refractivity contribution in [3.05, 3.63) is 29.2 Å². The average Bonchev–Trinajstić information content (AvgIpc) is 2.72. The van der Waals surface area contributed by atoms with Crippen molar-refractivity contribution in [2.24, 2.45) is 0 Å². The van der Waals surface area contributed by atoms with Crippen LogP contribution in [0.15, 0.2) is 12.1 Å². The Morgan fingerprint density at radius 3 is 2.07 bits per heavy atom. The van der Waals surface area contributed by atoms with Gasteiger partial charge in [0.05, 0.1) is 28.1 Å². The van der Waals surface area contributed by atoms with Crippen molar-refractivity contribution in [1.29, 1.82) is 0 Å². The number of rotatable bonds is 2. The third-order valence-corrected chi connectivity index (χ3v) is 6.40. The van der Waals surface area contributed by atoms with Gasteiger partial charge in [-0.25, -0.2) is 9.97 Å². The molecule has 3 aliphatic rings. The van der Waals surface area contributed by atoms with Crippen LogP contribution in [0, 0.1) is 6.92 Å². The van der Waals surface area contributed by atoms with Gasteiger partial charge in [0.25, 0.3) is 0 Å². The fraction of sp³-hybridized carbons (Fsp3) is 0.522. The minimum absolute atomic E-state index is 0.105. The molecule has 2 fully saturated rings. The van der Waals surface area contributed by atoms with Crippen LogP contribution in [0.5, 0.6) is 0 Å². The van der Waals surface area contributed by atoms with Crippen molar-refractivity contribution >= 4 is 33.6 Å². The Balaban J connectivity index is 1.81. The first kappa shape index (κ1) is 17.7. The molecular formula is C23H28N4O. The SMILES string of the molecule is CC1=CC(=O)c2c(N3CCCCC3)cc(N3CCCCC3)c3nc(C)nc1c23. The van der Waals surface area contributed by atoms with Gasteiger partial charge in [-0.05, 0) is 70.1 Å². The number of carbonyl (C=O) groups is 1. The van der Waals surface area contributed by atoms with E-state index in [1.807, 2.05) is 13.8 Å². The summed E-state index contributed by atoms with van der Waals surface area (Å²) in [6.07, 6.45) is 9.16. The quantitative estimate of drug-likeness (QED) is 0.771. The molecule has 0 amide bonds. The fourth-order valence-electron chi connectivity index (χ4n) is 5.02. The van der Waals surface area contributed by atoms with E-state index in [0.29, 0.717) is 0 Å². The van der Waals surface area contributed by atoms with Crippen molar-refractivity contribution in [2.75, 3.05) is 36.0 Å². The largest absolute Gasteiger partial charge is 0.371 e. The van der Waals surface area contributed by atoms with E-state index in [-0.39, 0.29) is 5.78 Å². The van der Waals surface area contributed by atoms with Gasteiger partial charge in [-0.15, -0.1) is 0 Å². The van der Waals surface area contributed by atoms with E-state index in [1.54, 1.807) is 6.08 Å². The number of aryl methyl sites for hydroxylation is 1. The van der Waals surface area contributed by atoms with Crippen LogP contribution in [0.2, 0.25) is 0 Å². The molecule has 0 radical (unpaired) electrons. The summed E-state index contributed by atoms with van der Waals surface area (Å²) in [5.41, 5.74) is 5.95. The molecule has 0 unspecified atom stereocenters. The summed E-state index contributed by atoms with van der Waals surface area (Å²) in [4.78, 5) is 27.7. The first-order chi connectivity index (χ1) is 13.6. The maximum absolute atomic E-state index is 13.1. The van der Waals surface area contributed by atoms with Gasteiger partial charge in [-0.2, -0.15) is 0 Å². The topological polar surface area (TPSA) is 49.3 Å². The molecule has 2 aromatic rings. The van der Waals surface area contributed by atoms with Crippen LogP contribution in [0.1, 0.15) is 67.3 Å². The van der Waals surface area contributed by atoms with Gasteiger partial charge in [0, 0.05) is 31.6 Å². The molecule has 3 heterocycles. The third kappa shape index (κ3) is 2.79. The highest BCUT2D eigenvalue weighted by Gasteiger charge is 2.30. The lowest BCUT2D eigenvalue weighted by atomic mass is 9.90. The molecule has 5 heteroatoms. The van der Waals surface area contributed by atoms with Gasteiger partial charge < -0.3 is 9.80 Å². The number of aromatic nitrogens is 2. The van der Waals surface area contributed by atoms with Crippen molar-refractivity contribution < 1.29 is 4.79 Å². The molecule has 28 heavy (non-hydrogen) atoms. The second-order valence-corrected chi connectivity index (χ2v) is 8.42. The molecule has 5 nitrogen and oxygen atoms in total.